The maximum absolute atomic E-state index is 12.5. The van der Waals surface area contributed by atoms with E-state index in [0.717, 1.165) is 36.9 Å². The molecule has 0 spiro atoms. The molecule has 0 radical (unpaired) electrons. The highest BCUT2D eigenvalue weighted by atomic mass is 16.2. The first-order valence-corrected chi connectivity index (χ1v) is 7.97. The van der Waals surface area contributed by atoms with Crippen LogP contribution >= 0.6 is 0 Å². The summed E-state index contributed by atoms with van der Waals surface area (Å²) in [5.41, 5.74) is 3.45. The third-order valence-corrected chi connectivity index (χ3v) is 4.78. The van der Waals surface area contributed by atoms with E-state index in [2.05, 4.69) is 27.4 Å². The predicted molar refractivity (Wildman–Crippen MR) is 83.1 cm³/mol. The molecule has 4 nitrogen and oxygen atoms in total. The normalized spacial score (nSPS) is 26.1. The number of hydrogen-bond acceptors (Lipinski definition) is 3. The van der Waals surface area contributed by atoms with E-state index < -0.39 is 0 Å². The van der Waals surface area contributed by atoms with Gasteiger partial charge in [-0.25, -0.2) is 9.97 Å². The molecule has 3 atom stereocenters. The Morgan fingerprint density at radius 1 is 1.23 bits per heavy atom. The second-order valence-corrected chi connectivity index (χ2v) is 6.24. The fourth-order valence-corrected chi connectivity index (χ4v) is 3.48. The molecule has 0 aliphatic heterocycles. The van der Waals surface area contributed by atoms with Crippen molar-refractivity contribution in [2.45, 2.75) is 37.6 Å². The number of nitrogens with zero attached hydrogens (tertiary/aromatic N) is 2. The molecule has 2 aromatic rings. The minimum absolute atomic E-state index is 0.0782. The quantitative estimate of drug-likeness (QED) is 0.946. The van der Waals surface area contributed by atoms with Gasteiger partial charge in [0.1, 0.15) is 6.33 Å². The van der Waals surface area contributed by atoms with Crippen molar-refractivity contribution in [1.29, 1.82) is 0 Å². The third kappa shape index (κ3) is 2.49. The van der Waals surface area contributed by atoms with Crippen molar-refractivity contribution in [2.75, 3.05) is 0 Å². The number of fused-ring (bicyclic) bond motifs is 1. The van der Waals surface area contributed by atoms with Crippen LogP contribution in [0.25, 0.3) is 0 Å². The van der Waals surface area contributed by atoms with Crippen molar-refractivity contribution >= 4 is 5.91 Å². The molecule has 22 heavy (non-hydrogen) atoms. The number of benzene rings is 1. The van der Waals surface area contributed by atoms with Crippen LogP contribution in [0, 0.1) is 5.92 Å². The summed E-state index contributed by atoms with van der Waals surface area (Å²) in [6, 6.07) is 10.4. The zero-order valence-corrected chi connectivity index (χ0v) is 12.4. The summed E-state index contributed by atoms with van der Waals surface area (Å²) in [5, 5.41) is 3.22. The molecule has 1 aromatic heterocycles. The molecule has 1 fully saturated rings. The lowest BCUT2D eigenvalue weighted by Crippen LogP contribution is -2.32. The highest BCUT2D eigenvalue weighted by molar-refractivity contribution is 5.83. The average Bonchev–Trinajstić information content (AvgIpc) is 3.37. The number of nitrogens with one attached hydrogen (secondary N) is 1. The monoisotopic (exact) mass is 293 g/mol. The van der Waals surface area contributed by atoms with Crippen molar-refractivity contribution in [1.82, 2.24) is 15.3 Å². The van der Waals surface area contributed by atoms with Gasteiger partial charge in [0.2, 0.25) is 5.91 Å². The van der Waals surface area contributed by atoms with Gasteiger partial charge in [0.25, 0.3) is 0 Å². The van der Waals surface area contributed by atoms with E-state index in [-0.39, 0.29) is 17.9 Å². The van der Waals surface area contributed by atoms with Gasteiger partial charge in [-0.1, -0.05) is 30.3 Å². The lowest BCUT2D eigenvalue weighted by atomic mass is 9.92. The van der Waals surface area contributed by atoms with Crippen molar-refractivity contribution in [3.05, 3.63) is 59.7 Å². The molecule has 1 amide bonds. The third-order valence-electron chi connectivity index (χ3n) is 4.78. The van der Waals surface area contributed by atoms with Crippen LogP contribution in [0.5, 0.6) is 0 Å². The van der Waals surface area contributed by atoms with Crippen molar-refractivity contribution in [2.24, 2.45) is 5.92 Å². The Labute approximate surface area is 130 Å². The van der Waals surface area contributed by atoms with Crippen molar-refractivity contribution in [3.8, 4) is 0 Å². The Hall–Kier alpha value is -2.23. The molecule has 4 rings (SSSR count). The van der Waals surface area contributed by atoms with Crippen molar-refractivity contribution < 1.29 is 4.79 Å². The molecule has 2 aliphatic rings. The molecular weight excluding hydrogens is 274 g/mol. The molecule has 0 saturated heterocycles. The summed E-state index contributed by atoms with van der Waals surface area (Å²) in [6.07, 6.45) is 7.45. The van der Waals surface area contributed by atoms with Gasteiger partial charge in [0, 0.05) is 23.4 Å². The Morgan fingerprint density at radius 3 is 2.95 bits per heavy atom. The summed E-state index contributed by atoms with van der Waals surface area (Å²) < 4.78 is 0. The van der Waals surface area contributed by atoms with Gasteiger partial charge in [-0.2, -0.15) is 0 Å². The topological polar surface area (TPSA) is 54.9 Å². The number of carbonyl (C=O) groups excluding carboxylic acids is 1. The molecule has 1 heterocycles. The largest absolute Gasteiger partial charge is 0.349 e. The van der Waals surface area contributed by atoms with Crippen LogP contribution in [0.4, 0.5) is 0 Å². The zero-order valence-electron chi connectivity index (χ0n) is 12.4. The minimum Gasteiger partial charge on any atom is -0.349 e. The second kappa shape index (κ2) is 5.52. The van der Waals surface area contributed by atoms with E-state index in [1.54, 1.807) is 6.33 Å². The maximum Gasteiger partial charge on any atom is 0.224 e. The van der Waals surface area contributed by atoms with Gasteiger partial charge in [0.05, 0.1) is 6.04 Å². The highest BCUT2D eigenvalue weighted by Gasteiger charge is 2.44. The molecule has 0 unspecified atom stereocenters. The predicted octanol–water partition coefficient (Wildman–Crippen LogP) is 2.77. The first-order valence-electron chi connectivity index (χ1n) is 7.97. The summed E-state index contributed by atoms with van der Waals surface area (Å²) in [4.78, 5) is 21.0. The standard InChI is InChI=1S/C18H19N3O/c22-18(14-9-13(14)12-5-2-1-3-6-12)21-17-8-4-7-16-15(17)10-19-11-20-16/h1-3,5-6,10-11,13-14,17H,4,7-9H2,(H,21,22)/t13-,14-,17+/m0/s1. The summed E-state index contributed by atoms with van der Waals surface area (Å²) in [5.74, 6) is 0.684. The smallest absolute Gasteiger partial charge is 0.224 e. The number of rotatable bonds is 3. The van der Waals surface area contributed by atoms with Crippen LogP contribution in [0.2, 0.25) is 0 Å². The summed E-state index contributed by atoms with van der Waals surface area (Å²) in [6.45, 7) is 0. The minimum atomic E-state index is 0.0782. The molecule has 112 valence electrons. The van der Waals surface area contributed by atoms with E-state index in [9.17, 15) is 4.79 Å². The van der Waals surface area contributed by atoms with Gasteiger partial charge in [0.15, 0.2) is 0 Å². The van der Waals surface area contributed by atoms with Crippen LogP contribution in [0.3, 0.4) is 0 Å². The van der Waals surface area contributed by atoms with Gasteiger partial charge >= 0.3 is 0 Å². The van der Waals surface area contributed by atoms with Gasteiger partial charge in [-0.3, -0.25) is 4.79 Å². The van der Waals surface area contributed by atoms with Crippen molar-refractivity contribution in [3.63, 3.8) is 0 Å². The second-order valence-electron chi connectivity index (χ2n) is 6.24. The van der Waals surface area contributed by atoms with Gasteiger partial charge in [-0.15, -0.1) is 0 Å². The van der Waals surface area contributed by atoms with Crippen LogP contribution in [0.15, 0.2) is 42.9 Å². The Bertz CT molecular complexity index is 686. The summed E-state index contributed by atoms with van der Waals surface area (Å²) in [7, 11) is 0. The Balaban J connectivity index is 1.44. The van der Waals surface area contributed by atoms with E-state index >= 15 is 0 Å². The van der Waals surface area contributed by atoms with Crippen LogP contribution in [0.1, 0.15) is 48.0 Å². The number of aromatic nitrogens is 2. The Kier molecular flexibility index (Phi) is 3.37. The number of hydrogen-bond donors (Lipinski definition) is 1. The number of amides is 1. The first-order chi connectivity index (χ1) is 10.8. The van der Waals surface area contributed by atoms with E-state index in [4.69, 9.17) is 0 Å². The van der Waals surface area contributed by atoms with E-state index in [0.29, 0.717) is 5.92 Å². The first kappa shape index (κ1) is 13.4. The zero-order chi connectivity index (χ0) is 14.9. The SMILES string of the molecule is O=C(N[C@@H]1CCCc2ncncc21)[C@H]1C[C@H]1c1ccccc1. The maximum atomic E-state index is 12.5. The molecule has 4 heteroatoms. The average molecular weight is 293 g/mol. The lowest BCUT2D eigenvalue weighted by molar-refractivity contribution is -0.123. The van der Waals surface area contributed by atoms with Gasteiger partial charge < -0.3 is 5.32 Å². The fraction of sp³-hybridized carbons (Fsp3) is 0.389. The van der Waals surface area contributed by atoms with Gasteiger partial charge in [-0.05, 0) is 37.2 Å². The molecular formula is C18H19N3O. The van der Waals surface area contributed by atoms with E-state index in [1.165, 1.54) is 5.56 Å². The number of carbonyl (C=O) groups is 1. The highest BCUT2D eigenvalue weighted by Crippen LogP contribution is 2.47. The lowest BCUT2D eigenvalue weighted by Gasteiger charge is -2.25. The van der Waals surface area contributed by atoms with Crippen LogP contribution < -0.4 is 5.32 Å². The van der Waals surface area contributed by atoms with E-state index in [1.807, 2.05) is 24.4 Å². The Morgan fingerprint density at radius 2 is 2.09 bits per heavy atom. The molecule has 1 saturated carbocycles. The summed E-state index contributed by atoms with van der Waals surface area (Å²) >= 11 is 0. The molecule has 1 aromatic carbocycles. The van der Waals surface area contributed by atoms with Crippen LogP contribution in [-0.4, -0.2) is 15.9 Å². The molecule has 0 bridgehead atoms. The molecule has 2 aliphatic carbocycles. The number of aryl methyl sites for hydroxylation is 1. The molecule has 1 N–H and O–H groups in total. The van der Waals surface area contributed by atoms with Crippen LogP contribution in [-0.2, 0) is 11.2 Å². The fourth-order valence-electron chi connectivity index (χ4n) is 3.48.